The second-order valence-electron chi connectivity index (χ2n) is 18.1. The lowest BCUT2D eigenvalue weighted by molar-refractivity contribution is -0.202. The highest BCUT2D eigenvalue weighted by atomic mass is 16.4. The molecule has 0 aromatic carbocycles. The van der Waals surface area contributed by atoms with E-state index >= 15 is 0 Å². The molecule has 0 saturated heterocycles. The largest absolute Gasteiger partial charge is 0.481 e. The smallest absolute Gasteiger partial charge is 0.317 e. The summed E-state index contributed by atoms with van der Waals surface area (Å²) in [5.41, 5.74) is -0.564. The van der Waals surface area contributed by atoms with Crippen LogP contribution in [0, 0.1) is 46.3 Å². The summed E-state index contributed by atoms with van der Waals surface area (Å²) in [7, 11) is 0. The lowest BCUT2D eigenvalue weighted by atomic mass is 9.43. The maximum absolute atomic E-state index is 13.2. The van der Waals surface area contributed by atoms with Crippen molar-refractivity contribution in [2.45, 2.75) is 96.8 Å². The molecule has 0 radical (unpaired) electrons. The number of fused-ring (bicyclic) bond motifs is 5. The fourth-order valence-electron chi connectivity index (χ4n) is 11.6. The minimum atomic E-state index is -1.26. The van der Waals surface area contributed by atoms with Gasteiger partial charge in [0.1, 0.15) is 0 Å². The Labute approximate surface area is 344 Å². The highest BCUT2D eigenvalue weighted by Crippen LogP contribution is 2.68. The molecular weight excluding hydrogens is 774 g/mol. The van der Waals surface area contributed by atoms with Gasteiger partial charge in [-0.05, 0) is 97.7 Å². The molecule has 0 bridgehead atoms. The molecule has 4 rings (SSSR count). The molecule has 4 fully saturated rings. The third kappa shape index (κ3) is 12.3. The number of nitrogens with one attached hydrogen (secondary N) is 2. The van der Waals surface area contributed by atoms with Crippen molar-refractivity contribution in [1.82, 2.24) is 25.3 Å². The molecule has 11 atom stereocenters. The first kappa shape index (κ1) is 47.8. The molecule has 334 valence electrons. The Morgan fingerprint density at radius 3 is 1.73 bits per heavy atom. The number of carboxylic acids is 5. The van der Waals surface area contributed by atoms with E-state index in [4.69, 9.17) is 0 Å². The zero-order chi connectivity index (χ0) is 43.8. The van der Waals surface area contributed by atoms with Crippen LogP contribution in [-0.4, -0.2) is 176 Å². The van der Waals surface area contributed by atoms with E-state index in [1.807, 2.05) is 0 Å². The van der Waals surface area contributed by atoms with Gasteiger partial charge in [-0.15, -0.1) is 0 Å². The molecule has 59 heavy (non-hydrogen) atoms. The van der Waals surface area contributed by atoms with Crippen LogP contribution in [-0.2, 0) is 33.6 Å². The van der Waals surface area contributed by atoms with Crippen molar-refractivity contribution in [3.63, 3.8) is 0 Å². The number of aliphatic hydroxyl groups excluding tert-OH is 2. The van der Waals surface area contributed by atoms with Crippen LogP contribution in [0.1, 0.15) is 78.6 Å². The van der Waals surface area contributed by atoms with E-state index < -0.39 is 85.5 Å². The van der Waals surface area contributed by atoms with Gasteiger partial charge >= 0.3 is 29.8 Å². The number of hydrogen-bond acceptors (Lipinski definition) is 12. The molecule has 0 spiro atoms. The van der Waals surface area contributed by atoms with Crippen LogP contribution in [0.4, 0.5) is 0 Å². The predicted octanol–water partition coefficient (Wildman–Crippen LogP) is -0.0668. The van der Waals surface area contributed by atoms with Crippen LogP contribution in [0.15, 0.2) is 0 Å². The molecule has 9 N–H and O–H groups in total. The highest BCUT2D eigenvalue weighted by molar-refractivity contribution is 5.85. The molecular formula is C40H65N5O14. The summed E-state index contributed by atoms with van der Waals surface area (Å²) in [5, 5.41) is 75.4. The van der Waals surface area contributed by atoms with E-state index in [0.717, 1.165) is 29.1 Å². The van der Waals surface area contributed by atoms with Crippen molar-refractivity contribution in [3.05, 3.63) is 0 Å². The summed E-state index contributed by atoms with van der Waals surface area (Å²) >= 11 is 0. The fraction of sp³-hybridized carbons (Fsp3) is 0.825. The summed E-state index contributed by atoms with van der Waals surface area (Å²) in [6.07, 6.45) is 4.52. The maximum atomic E-state index is 13.2. The normalized spacial score (nSPS) is 31.8. The van der Waals surface area contributed by atoms with E-state index in [0.29, 0.717) is 32.1 Å². The van der Waals surface area contributed by atoms with Gasteiger partial charge in [-0.25, -0.2) is 0 Å². The van der Waals surface area contributed by atoms with Gasteiger partial charge in [0, 0.05) is 38.6 Å². The van der Waals surface area contributed by atoms with Crippen LogP contribution < -0.4 is 10.6 Å². The van der Waals surface area contributed by atoms with Gasteiger partial charge in [-0.3, -0.25) is 48.3 Å². The second-order valence-corrected chi connectivity index (χ2v) is 18.1. The standard InChI is InChI=1S/C40H65N5O14/c1-23(4-7-33(50)51)26-5-6-27-38-28(16-30(47)40(26,27)3)39(2)9-8-25(14-24(39)15-29(38)46)42-31(48)17-41-32(49)18-43(10-12-44(19-34(52)53)20-35(54)55)11-13-45(21-36(56)57)22-37(58)59/h23-30,38,46-47H,4-22H2,1-3H3,(H,41,49)(H,42,48)(H,50,51)(H,52,53)(H,54,55)(H,56,57)(H,58,59)/t23?,24-,25-,26+,27?,28?,29?,30-,38?,39-,40+/m0/s1. The third-order valence-electron chi connectivity index (χ3n) is 14.4. The quantitative estimate of drug-likeness (QED) is 0.0651. The molecule has 0 aromatic heterocycles. The number of amides is 2. The van der Waals surface area contributed by atoms with Crippen molar-refractivity contribution in [2.24, 2.45) is 46.3 Å². The van der Waals surface area contributed by atoms with Crippen molar-refractivity contribution in [2.75, 3.05) is 65.4 Å². The van der Waals surface area contributed by atoms with Crippen molar-refractivity contribution in [1.29, 1.82) is 0 Å². The van der Waals surface area contributed by atoms with Crippen molar-refractivity contribution < 1.29 is 69.3 Å². The Balaban J connectivity index is 1.33. The van der Waals surface area contributed by atoms with Gasteiger partial charge in [0.25, 0.3) is 0 Å². The molecule has 0 heterocycles. The number of rotatable bonds is 23. The summed E-state index contributed by atoms with van der Waals surface area (Å²) in [6, 6.07) is -0.202. The van der Waals surface area contributed by atoms with Gasteiger partial charge in [-0.1, -0.05) is 20.8 Å². The van der Waals surface area contributed by atoms with Crippen LogP contribution in [0.2, 0.25) is 0 Å². The topological polar surface area (TPSA) is 295 Å². The molecule has 4 saturated carbocycles. The number of carbonyl (C=O) groups is 7. The van der Waals surface area contributed by atoms with Gasteiger partial charge in [0.15, 0.2) is 0 Å². The van der Waals surface area contributed by atoms with Gasteiger partial charge in [0.2, 0.25) is 11.8 Å². The third-order valence-corrected chi connectivity index (χ3v) is 14.4. The molecule has 4 aliphatic carbocycles. The molecule has 19 nitrogen and oxygen atoms in total. The first-order chi connectivity index (χ1) is 27.6. The van der Waals surface area contributed by atoms with Crippen LogP contribution in [0.3, 0.4) is 0 Å². The Morgan fingerprint density at radius 2 is 1.20 bits per heavy atom. The average molecular weight is 840 g/mol. The van der Waals surface area contributed by atoms with Gasteiger partial charge in [0.05, 0.1) is 51.5 Å². The summed E-state index contributed by atoms with van der Waals surface area (Å²) < 4.78 is 0. The minimum absolute atomic E-state index is 0.0202. The van der Waals surface area contributed by atoms with Crippen LogP contribution in [0.5, 0.6) is 0 Å². The van der Waals surface area contributed by atoms with Crippen LogP contribution >= 0.6 is 0 Å². The first-order valence-corrected chi connectivity index (χ1v) is 20.8. The van der Waals surface area contributed by atoms with Gasteiger partial charge < -0.3 is 46.4 Å². The number of hydrogen-bond donors (Lipinski definition) is 9. The molecule has 4 aliphatic rings. The SMILES string of the molecule is CC(CCC(=O)O)[C@H]1CCC2C3C(O)C[C@@H]4C[C@@H](NC(=O)CNC(=O)CN(CCN(CC(=O)O)CC(=O)O)CCN(CC(=O)O)CC(=O)O)CC[C@]4(C)C3C[C@H](O)[C@@]21C. The lowest BCUT2D eigenvalue weighted by Gasteiger charge is -2.63. The Bertz CT molecular complexity index is 1480. The predicted molar refractivity (Wildman–Crippen MR) is 209 cm³/mol. The average Bonchev–Trinajstić information content (AvgIpc) is 3.49. The lowest BCUT2D eigenvalue weighted by Crippen LogP contribution is -2.63. The van der Waals surface area contributed by atoms with E-state index in [9.17, 15) is 69.3 Å². The summed E-state index contributed by atoms with van der Waals surface area (Å²) in [6.45, 7) is 3.25. The van der Waals surface area contributed by atoms with E-state index in [1.165, 1.54) is 4.90 Å². The number of carboxylic acid groups (broad SMARTS) is 5. The number of carbonyl (C=O) groups excluding carboxylic acids is 2. The van der Waals surface area contributed by atoms with Crippen molar-refractivity contribution in [3.8, 4) is 0 Å². The maximum Gasteiger partial charge on any atom is 0.317 e. The zero-order valence-corrected chi connectivity index (χ0v) is 34.5. The first-order valence-electron chi connectivity index (χ1n) is 20.8. The monoisotopic (exact) mass is 839 g/mol. The Kier molecular flexibility index (Phi) is 16.7. The molecule has 0 aliphatic heterocycles. The number of aliphatic hydroxyl groups is 2. The molecule has 19 heteroatoms. The second kappa shape index (κ2) is 20.6. The fourth-order valence-corrected chi connectivity index (χ4v) is 11.6. The molecule has 0 aromatic rings. The van der Waals surface area contributed by atoms with Gasteiger partial charge in [-0.2, -0.15) is 0 Å². The minimum Gasteiger partial charge on any atom is -0.481 e. The summed E-state index contributed by atoms with van der Waals surface area (Å²) in [5.74, 6) is -6.24. The molecule has 2 amide bonds. The Hall–Kier alpha value is -3.91. The van der Waals surface area contributed by atoms with E-state index in [1.54, 1.807) is 0 Å². The van der Waals surface area contributed by atoms with Crippen LogP contribution in [0.25, 0.3) is 0 Å². The summed E-state index contributed by atoms with van der Waals surface area (Å²) in [4.78, 5) is 86.5. The highest BCUT2D eigenvalue weighted by Gasteiger charge is 2.65. The Morgan fingerprint density at radius 1 is 0.661 bits per heavy atom. The van der Waals surface area contributed by atoms with Crippen molar-refractivity contribution >= 4 is 41.7 Å². The zero-order valence-electron chi connectivity index (χ0n) is 34.5. The van der Waals surface area contributed by atoms with E-state index in [2.05, 4.69) is 31.4 Å². The van der Waals surface area contributed by atoms with E-state index in [-0.39, 0.29) is 92.7 Å². The number of aliphatic carboxylic acids is 5. The molecule has 5 unspecified atom stereocenters. The number of nitrogens with zero attached hydrogens (tertiary/aromatic N) is 3.